The lowest BCUT2D eigenvalue weighted by Gasteiger charge is -2.06. The monoisotopic (exact) mass is 339 g/mol. The Bertz CT molecular complexity index is 730. The number of hydrogen-bond donors (Lipinski definition) is 2. The van der Waals surface area contributed by atoms with E-state index in [0.717, 1.165) is 5.56 Å². The highest BCUT2D eigenvalue weighted by molar-refractivity contribution is 5.93. The number of ether oxygens (including phenoxy) is 1. The molecule has 0 bridgehead atoms. The SMILES string of the molecule is CCOc1ccccc1/C=N\NC(=O)CCC(=O)Nc1ccccc1. The van der Waals surface area contributed by atoms with Crippen molar-refractivity contribution >= 4 is 23.7 Å². The Kier molecular flexibility index (Phi) is 7.18. The van der Waals surface area contributed by atoms with Gasteiger partial charge >= 0.3 is 0 Å². The van der Waals surface area contributed by atoms with Crippen LogP contribution in [0.4, 0.5) is 5.69 Å². The number of benzene rings is 2. The first kappa shape index (κ1) is 18.2. The van der Waals surface area contributed by atoms with Crippen molar-refractivity contribution in [2.45, 2.75) is 19.8 Å². The van der Waals surface area contributed by atoms with Gasteiger partial charge in [0.05, 0.1) is 12.8 Å². The first-order valence-electron chi connectivity index (χ1n) is 8.07. The molecule has 0 aromatic heterocycles. The summed E-state index contributed by atoms with van der Waals surface area (Å²) in [4.78, 5) is 23.5. The van der Waals surface area contributed by atoms with Gasteiger partial charge in [-0.05, 0) is 31.2 Å². The van der Waals surface area contributed by atoms with E-state index in [1.54, 1.807) is 12.1 Å². The largest absolute Gasteiger partial charge is 0.493 e. The van der Waals surface area contributed by atoms with E-state index in [1.165, 1.54) is 6.21 Å². The molecule has 2 N–H and O–H groups in total. The van der Waals surface area contributed by atoms with Crippen LogP contribution in [0.5, 0.6) is 5.75 Å². The van der Waals surface area contributed by atoms with E-state index in [4.69, 9.17) is 4.74 Å². The lowest BCUT2D eigenvalue weighted by atomic mass is 10.2. The fourth-order valence-corrected chi connectivity index (χ4v) is 2.08. The molecular weight excluding hydrogens is 318 g/mol. The van der Waals surface area contributed by atoms with Gasteiger partial charge in [-0.25, -0.2) is 5.43 Å². The molecule has 2 rings (SSSR count). The minimum atomic E-state index is -0.326. The lowest BCUT2D eigenvalue weighted by molar-refractivity contribution is -0.124. The third-order valence-electron chi connectivity index (χ3n) is 3.25. The maximum absolute atomic E-state index is 11.8. The van der Waals surface area contributed by atoms with Gasteiger partial charge < -0.3 is 10.1 Å². The second-order valence-electron chi connectivity index (χ2n) is 5.18. The van der Waals surface area contributed by atoms with Crippen LogP contribution in [-0.4, -0.2) is 24.6 Å². The molecule has 0 saturated carbocycles. The molecule has 0 aliphatic carbocycles. The highest BCUT2D eigenvalue weighted by Gasteiger charge is 2.06. The van der Waals surface area contributed by atoms with Gasteiger partial charge in [-0.3, -0.25) is 9.59 Å². The van der Waals surface area contributed by atoms with Gasteiger partial charge in [-0.1, -0.05) is 30.3 Å². The highest BCUT2D eigenvalue weighted by Crippen LogP contribution is 2.15. The van der Waals surface area contributed by atoms with E-state index in [1.807, 2.05) is 49.4 Å². The van der Waals surface area contributed by atoms with Crippen molar-refractivity contribution in [3.05, 3.63) is 60.2 Å². The quantitative estimate of drug-likeness (QED) is 0.573. The summed E-state index contributed by atoms with van der Waals surface area (Å²) < 4.78 is 5.47. The van der Waals surface area contributed by atoms with Crippen LogP contribution < -0.4 is 15.5 Å². The smallest absolute Gasteiger partial charge is 0.240 e. The number of para-hydroxylation sites is 2. The minimum Gasteiger partial charge on any atom is -0.493 e. The molecule has 6 heteroatoms. The van der Waals surface area contributed by atoms with Crippen molar-refractivity contribution in [2.24, 2.45) is 5.10 Å². The zero-order valence-corrected chi connectivity index (χ0v) is 14.1. The topological polar surface area (TPSA) is 79.8 Å². The number of rotatable bonds is 8. The molecule has 0 aliphatic rings. The standard InChI is InChI=1S/C19H21N3O3/c1-2-25-17-11-7-6-8-15(17)14-20-22-19(24)13-12-18(23)21-16-9-4-3-5-10-16/h3-11,14H,2,12-13H2,1H3,(H,21,23)(H,22,24)/b20-14-. The van der Waals surface area contributed by atoms with Gasteiger partial charge in [0.25, 0.3) is 0 Å². The molecule has 6 nitrogen and oxygen atoms in total. The Balaban J connectivity index is 1.76. The summed E-state index contributed by atoms with van der Waals surface area (Å²) >= 11 is 0. The minimum absolute atomic E-state index is 0.0586. The van der Waals surface area contributed by atoms with Gasteiger partial charge in [0.15, 0.2) is 0 Å². The average Bonchev–Trinajstić information content (AvgIpc) is 2.62. The van der Waals surface area contributed by atoms with Crippen LogP contribution in [0.25, 0.3) is 0 Å². The number of amides is 2. The first-order valence-corrected chi connectivity index (χ1v) is 8.07. The van der Waals surface area contributed by atoms with Crippen molar-refractivity contribution in [2.75, 3.05) is 11.9 Å². The molecule has 0 radical (unpaired) electrons. The number of carbonyl (C=O) groups excluding carboxylic acids is 2. The number of hydrogen-bond acceptors (Lipinski definition) is 4. The number of nitrogens with one attached hydrogen (secondary N) is 2. The van der Waals surface area contributed by atoms with Crippen LogP contribution in [-0.2, 0) is 9.59 Å². The predicted octanol–water partition coefficient (Wildman–Crippen LogP) is 2.95. The molecule has 2 aromatic rings. The molecule has 0 fully saturated rings. The molecule has 0 heterocycles. The molecule has 0 aliphatic heterocycles. The van der Waals surface area contributed by atoms with Crippen molar-refractivity contribution in [3.63, 3.8) is 0 Å². The molecule has 2 aromatic carbocycles. The van der Waals surface area contributed by atoms with Crippen molar-refractivity contribution in [1.82, 2.24) is 5.43 Å². The van der Waals surface area contributed by atoms with Crippen LogP contribution in [0.2, 0.25) is 0 Å². The van der Waals surface area contributed by atoms with Gasteiger partial charge in [-0.15, -0.1) is 0 Å². The normalized spacial score (nSPS) is 10.4. The molecule has 0 unspecified atom stereocenters. The van der Waals surface area contributed by atoms with E-state index >= 15 is 0 Å². The molecule has 25 heavy (non-hydrogen) atoms. The lowest BCUT2D eigenvalue weighted by Crippen LogP contribution is -2.20. The van der Waals surface area contributed by atoms with Gasteiger partial charge in [0.2, 0.25) is 11.8 Å². The number of nitrogens with zero attached hydrogens (tertiary/aromatic N) is 1. The van der Waals surface area contributed by atoms with Gasteiger partial charge in [0.1, 0.15) is 5.75 Å². The fraction of sp³-hybridized carbons (Fsp3) is 0.211. The van der Waals surface area contributed by atoms with Crippen LogP contribution in [0.15, 0.2) is 59.7 Å². The summed E-state index contributed by atoms with van der Waals surface area (Å²) in [6.45, 7) is 2.45. The second-order valence-corrected chi connectivity index (χ2v) is 5.18. The predicted molar refractivity (Wildman–Crippen MR) is 97.7 cm³/mol. The third-order valence-corrected chi connectivity index (χ3v) is 3.25. The van der Waals surface area contributed by atoms with Crippen molar-refractivity contribution in [1.29, 1.82) is 0 Å². The summed E-state index contributed by atoms with van der Waals surface area (Å²) in [7, 11) is 0. The van der Waals surface area contributed by atoms with Crippen molar-refractivity contribution in [3.8, 4) is 5.75 Å². The molecule has 130 valence electrons. The Hall–Kier alpha value is -3.15. The van der Waals surface area contributed by atoms with Crippen LogP contribution in [0, 0.1) is 0 Å². The molecule has 2 amide bonds. The van der Waals surface area contributed by atoms with Gasteiger partial charge in [0, 0.05) is 24.1 Å². The molecule has 0 spiro atoms. The summed E-state index contributed by atoms with van der Waals surface area (Å²) in [6.07, 6.45) is 1.67. The maximum atomic E-state index is 11.8. The zero-order valence-electron chi connectivity index (χ0n) is 14.1. The summed E-state index contributed by atoms with van der Waals surface area (Å²) in [5, 5.41) is 6.64. The Morgan fingerprint density at radius 3 is 2.44 bits per heavy atom. The summed E-state index contributed by atoms with van der Waals surface area (Å²) in [6, 6.07) is 16.5. The summed E-state index contributed by atoms with van der Waals surface area (Å²) in [5.41, 5.74) is 3.89. The van der Waals surface area contributed by atoms with Crippen molar-refractivity contribution < 1.29 is 14.3 Å². The third kappa shape index (κ3) is 6.47. The van der Waals surface area contributed by atoms with E-state index in [0.29, 0.717) is 18.0 Å². The molecular formula is C19H21N3O3. The average molecular weight is 339 g/mol. The number of anilines is 1. The van der Waals surface area contributed by atoms with E-state index in [9.17, 15) is 9.59 Å². The Morgan fingerprint density at radius 2 is 1.68 bits per heavy atom. The second kappa shape index (κ2) is 9.87. The Morgan fingerprint density at radius 1 is 1.00 bits per heavy atom. The fourth-order valence-electron chi connectivity index (χ4n) is 2.08. The molecule has 0 saturated heterocycles. The number of carbonyl (C=O) groups is 2. The van der Waals surface area contributed by atoms with E-state index in [2.05, 4.69) is 15.8 Å². The zero-order chi connectivity index (χ0) is 17.9. The highest BCUT2D eigenvalue weighted by atomic mass is 16.5. The Labute approximate surface area is 146 Å². The summed E-state index contributed by atoms with van der Waals surface area (Å²) in [5.74, 6) is 0.158. The van der Waals surface area contributed by atoms with Gasteiger partial charge in [-0.2, -0.15) is 5.10 Å². The van der Waals surface area contributed by atoms with Crippen LogP contribution >= 0.6 is 0 Å². The van der Waals surface area contributed by atoms with Crippen LogP contribution in [0.3, 0.4) is 0 Å². The van der Waals surface area contributed by atoms with E-state index in [-0.39, 0.29) is 24.7 Å². The van der Waals surface area contributed by atoms with Crippen LogP contribution in [0.1, 0.15) is 25.3 Å². The number of hydrazone groups is 1. The van der Waals surface area contributed by atoms with E-state index < -0.39 is 0 Å². The first-order chi connectivity index (χ1) is 12.2. The molecule has 0 atom stereocenters. The maximum Gasteiger partial charge on any atom is 0.240 e.